The van der Waals surface area contributed by atoms with Crippen molar-refractivity contribution in [3.8, 4) is 0 Å². The number of nitrogens with two attached hydrogens (primary N) is 1. The maximum absolute atomic E-state index is 12.3. The zero-order valence-electron chi connectivity index (χ0n) is 10.6. The van der Waals surface area contributed by atoms with Crippen LogP contribution in [0.15, 0.2) is 45.5 Å². The van der Waals surface area contributed by atoms with Crippen LogP contribution in [0.3, 0.4) is 0 Å². The number of hydrogen-bond acceptors (Lipinski definition) is 3. The highest BCUT2D eigenvalue weighted by Gasteiger charge is 2.18. The Hall–Kier alpha value is -1.75. The molecule has 2 aromatic rings. The second-order valence-electron chi connectivity index (χ2n) is 4.12. The largest absolute Gasteiger partial charge is 0.444 e. The smallest absolute Gasteiger partial charge is 0.289 e. The van der Waals surface area contributed by atoms with Gasteiger partial charge in [-0.2, -0.15) is 0 Å². The third-order valence-corrected chi connectivity index (χ3v) is 3.30. The Morgan fingerprint density at radius 2 is 2.05 bits per heavy atom. The summed E-state index contributed by atoms with van der Waals surface area (Å²) in [4.78, 5) is 14.0. The van der Waals surface area contributed by atoms with Crippen molar-refractivity contribution in [2.45, 2.75) is 13.5 Å². The van der Waals surface area contributed by atoms with Crippen molar-refractivity contribution >= 4 is 27.5 Å². The predicted octanol–water partition coefficient (Wildman–Crippen LogP) is 3.29. The zero-order chi connectivity index (χ0) is 13.8. The number of anilines is 1. The van der Waals surface area contributed by atoms with Gasteiger partial charge in [0.25, 0.3) is 5.91 Å². The van der Waals surface area contributed by atoms with E-state index in [-0.39, 0.29) is 5.91 Å². The van der Waals surface area contributed by atoms with Gasteiger partial charge in [0.15, 0.2) is 10.4 Å². The van der Waals surface area contributed by atoms with Crippen LogP contribution >= 0.6 is 15.9 Å². The summed E-state index contributed by atoms with van der Waals surface area (Å²) in [5.41, 5.74) is 7.52. The standard InChI is InChI=1S/C14H15BrN2O2/c1-2-17(9-10-5-3-4-6-11(10)16)14(18)12-7-8-13(15)19-12/h3-8H,2,9,16H2,1H3. The Labute approximate surface area is 120 Å². The normalized spacial score (nSPS) is 10.4. The van der Waals surface area contributed by atoms with Crippen molar-refractivity contribution in [3.63, 3.8) is 0 Å². The van der Waals surface area contributed by atoms with E-state index in [4.69, 9.17) is 10.2 Å². The van der Waals surface area contributed by atoms with Gasteiger partial charge >= 0.3 is 0 Å². The molecule has 0 unspecified atom stereocenters. The quantitative estimate of drug-likeness (QED) is 0.879. The van der Waals surface area contributed by atoms with E-state index in [1.54, 1.807) is 17.0 Å². The van der Waals surface area contributed by atoms with Crippen LogP contribution in [-0.4, -0.2) is 17.4 Å². The summed E-state index contributed by atoms with van der Waals surface area (Å²) in [7, 11) is 0. The van der Waals surface area contributed by atoms with Crippen molar-refractivity contribution in [1.29, 1.82) is 0 Å². The molecule has 5 heteroatoms. The molecule has 0 aliphatic rings. The molecule has 2 rings (SSSR count). The molecule has 0 aliphatic heterocycles. The Kier molecular flexibility index (Phi) is 4.27. The van der Waals surface area contributed by atoms with Crippen molar-refractivity contribution in [2.75, 3.05) is 12.3 Å². The molecule has 0 aliphatic carbocycles. The average Bonchev–Trinajstić information content (AvgIpc) is 2.84. The van der Waals surface area contributed by atoms with E-state index < -0.39 is 0 Å². The number of amides is 1. The maximum Gasteiger partial charge on any atom is 0.289 e. The van der Waals surface area contributed by atoms with E-state index in [9.17, 15) is 4.79 Å². The van der Waals surface area contributed by atoms with Crippen molar-refractivity contribution in [3.05, 3.63) is 52.4 Å². The van der Waals surface area contributed by atoms with Gasteiger partial charge in [-0.3, -0.25) is 4.79 Å². The minimum absolute atomic E-state index is 0.142. The highest BCUT2D eigenvalue weighted by atomic mass is 79.9. The summed E-state index contributed by atoms with van der Waals surface area (Å²) in [6.07, 6.45) is 0. The van der Waals surface area contributed by atoms with Crippen LogP contribution < -0.4 is 5.73 Å². The minimum Gasteiger partial charge on any atom is -0.444 e. The van der Waals surface area contributed by atoms with Gasteiger partial charge in [-0.1, -0.05) is 18.2 Å². The lowest BCUT2D eigenvalue weighted by molar-refractivity contribution is 0.0719. The Morgan fingerprint density at radius 3 is 2.63 bits per heavy atom. The molecule has 19 heavy (non-hydrogen) atoms. The molecule has 4 nitrogen and oxygen atoms in total. The molecular weight excluding hydrogens is 308 g/mol. The average molecular weight is 323 g/mol. The lowest BCUT2D eigenvalue weighted by atomic mass is 10.1. The van der Waals surface area contributed by atoms with Gasteiger partial charge in [-0.25, -0.2) is 0 Å². The molecule has 0 spiro atoms. The Balaban J connectivity index is 2.17. The van der Waals surface area contributed by atoms with Gasteiger partial charge in [-0.05, 0) is 46.6 Å². The first-order valence-electron chi connectivity index (χ1n) is 5.99. The van der Waals surface area contributed by atoms with Crippen LogP contribution in [-0.2, 0) is 6.54 Å². The fourth-order valence-corrected chi connectivity index (χ4v) is 2.10. The first-order chi connectivity index (χ1) is 9.11. The Bertz CT molecular complexity index is 580. The SMILES string of the molecule is CCN(Cc1ccccc1N)C(=O)c1ccc(Br)o1. The fraction of sp³-hybridized carbons (Fsp3) is 0.214. The summed E-state index contributed by atoms with van der Waals surface area (Å²) < 4.78 is 5.84. The summed E-state index contributed by atoms with van der Waals surface area (Å²) in [6, 6.07) is 10.9. The van der Waals surface area contributed by atoms with Crippen molar-refractivity contribution in [1.82, 2.24) is 4.90 Å². The molecule has 0 saturated heterocycles. The molecule has 2 N–H and O–H groups in total. The lowest BCUT2D eigenvalue weighted by Gasteiger charge is -2.20. The number of para-hydroxylation sites is 1. The van der Waals surface area contributed by atoms with Crippen molar-refractivity contribution < 1.29 is 9.21 Å². The molecule has 0 saturated carbocycles. The topological polar surface area (TPSA) is 59.5 Å². The maximum atomic E-state index is 12.3. The summed E-state index contributed by atoms with van der Waals surface area (Å²) in [5.74, 6) is 0.180. The van der Waals surface area contributed by atoms with E-state index in [1.807, 2.05) is 31.2 Å². The first-order valence-corrected chi connectivity index (χ1v) is 6.79. The first kappa shape index (κ1) is 13.7. The summed E-state index contributed by atoms with van der Waals surface area (Å²) >= 11 is 3.19. The number of nitrogens with zero attached hydrogens (tertiary/aromatic N) is 1. The number of furan rings is 1. The van der Waals surface area contributed by atoms with Gasteiger partial charge in [0.1, 0.15) is 0 Å². The number of carbonyl (C=O) groups excluding carboxylic acids is 1. The third-order valence-electron chi connectivity index (χ3n) is 2.87. The van der Waals surface area contributed by atoms with Crippen molar-refractivity contribution in [2.24, 2.45) is 0 Å². The molecule has 0 bridgehead atoms. The highest BCUT2D eigenvalue weighted by molar-refractivity contribution is 9.10. The summed E-state index contributed by atoms with van der Waals surface area (Å²) in [6.45, 7) is 2.99. The second-order valence-corrected chi connectivity index (χ2v) is 4.90. The number of nitrogen functional groups attached to an aromatic ring is 1. The van der Waals surface area contributed by atoms with Crippen LogP contribution in [0.1, 0.15) is 23.0 Å². The van der Waals surface area contributed by atoms with Gasteiger partial charge in [0.05, 0.1) is 0 Å². The molecule has 1 heterocycles. The minimum atomic E-state index is -0.142. The number of benzene rings is 1. The second kappa shape index (κ2) is 5.93. The van der Waals surface area contributed by atoms with Crippen LogP contribution in [0.5, 0.6) is 0 Å². The van der Waals surface area contributed by atoms with E-state index in [0.29, 0.717) is 29.2 Å². The van der Waals surface area contributed by atoms with Crippen LogP contribution in [0.25, 0.3) is 0 Å². The molecule has 1 aromatic carbocycles. The molecule has 1 amide bonds. The highest BCUT2D eigenvalue weighted by Crippen LogP contribution is 2.18. The summed E-state index contributed by atoms with van der Waals surface area (Å²) in [5, 5.41) is 0. The monoisotopic (exact) mass is 322 g/mol. The number of hydrogen-bond donors (Lipinski definition) is 1. The van der Waals surface area contributed by atoms with E-state index >= 15 is 0 Å². The molecule has 100 valence electrons. The van der Waals surface area contributed by atoms with Crippen LogP contribution in [0.2, 0.25) is 0 Å². The molecule has 0 atom stereocenters. The van der Waals surface area contributed by atoms with Gasteiger partial charge in [0, 0.05) is 18.8 Å². The lowest BCUT2D eigenvalue weighted by Crippen LogP contribution is -2.30. The number of carbonyl (C=O) groups is 1. The molecule has 0 radical (unpaired) electrons. The predicted molar refractivity (Wildman–Crippen MR) is 77.7 cm³/mol. The van der Waals surface area contributed by atoms with E-state index in [2.05, 4.69) is 15.9 Å². The number of rotatable bonds is 4. The molecular formula is C14H15BrN2O2. The zero-order valence-corrected chi connectivity index (χ0v) is 12.2. The Morgan fingerprint density at radius 1 is 1.32 bits per heavy atom. The molecule has 0 fully saturated rings. The van der Waals surface area contributed by atoms with E-state index in [0.717, 1.165) is 5.56 Å². The third kappa shape index (κ3) is 3.17. The number of halogens is 1. The van der Waals surface area contributed by atoms with Crippen LogP contribution in [0.4, 0.5) is 5.69 Å². The fourth-order valence-electron chi connectivity index (χ4n) is 1.80. The van der Waals surface area contributed by atoms with Gasteiger partial charge in [-0.15, -0.1) is 0 Å². The van der Waals surface area contributed by atoms with Crippen LogP contribution in [0, 0.1) is 0 Å². The van der Waals surface area contributed by atoms with Gasteiger partial charge in [0.2, 0.25) is 0 Å². The molecule has 1 aromatic heterocycles. The van der Waals surface area contributed by atoms with E-state index in [1.165, 1.54) is 0 Å². The van der Waals surface area contributed by atoms with Gasteiger partial charge < -0.3 is 15.1 Å².